The summed E-state index contributed by atoms with van der Waals surface area (Å²) in [5.41, 5.74) is 14.4. The maximum absolute atomic E-state index is 5.52. The monoisotopic (exact) mass is 896 g/mol. The van der Waals surface area contributed by atoms with Gasteiger partial charge in [-0.2, -0.15) is 15.0 Å². The Kier molecular flexibility index (Phi) is 8.32. The van der Waals surface area contributed by atoms with Crippen LogP contribution in [0.3, 0.4) is 0 Å². The molecule has 0 aliphatic heterocycles. The molecule has 8 heteroatoms. The lowest BCUT2D eigenvalue weighted by Gasteiger charge is -2.16. The minimum Gasteiger partial charge on any atom is -0.307 e. The molecule has 8 aromatic carbocycles. The van der Waals surface area contributed by atoms with Crippen LogP contribution >= 0.6 is 0 Å². The third kappa shape index (κ3) is 5.64. The van der Waals surface area contributed by atoms with Gasteiger partial charge in [0.25, 0.3) is 0 Å². The first-order valence-corrected chi connectivity index (χ1v) is 23.9. The predicted molar refractivity (Wildman–Crippen MR) is 286 cm³/mol. The quantitative estimate of drug-likeness (QED) is 0.167. The van der Waals surface area contributed by atoms with Gasteiger partial charge in [-0.1, -0.05) is 164 Å². The standard InChI is InChI=1S/C62H40N8/c1-3-19-39(20-4-1)50-37-41(68-53-30-14-12-28-47(53)49-36-35-48-46-27-11-13-29-52(46)67(58(48)59(49)68)40-21-5-2-6-22-40)38-51(63-50)60-64-61(69-54-31-15-7-23-42(54)43-24-8-16-32-55(43)69)66-62(65-60)70-56-33-17-9-25-44(56)45-26-10-18-34-57(45)70/h1-17,19-33,35-38H,18,34H2. The summed E-state index contributed by atoms with van der Waals surface area (Å²) in [6, 6.07) is 73.2. The molecule has 1 aliphatic rings. The van der Waals surface area contributed by atoms with E-state index in [-0.39, 0.29) is 0 Å². The fourth-order valence-corrected chi connectivity index (χ4v) is 11.3. The van der Waals surface area contributed by atoms with Gasteiger partial charge in [-0.05, 0) is 67.4 Å². The van der Waals surface area contributed by atoms with Gasteiger partial charge in [0.2, 0.25) is 11.9 Å². The molecule has 6 aromatic heterocycles. The van der Waals surface area contributed by atoms with E-state index >= 15 is 0 Å². The number of allylic oxidation sites excluding steroid dienone is 1. The van der Waals surface area contributed by atoms with Gasteiger partial charge in [0, 0.05) is 60.2 Å². The van der Waals surface area contributed by atoms with Gasteiger partial charge in [0.15, 0.2) is 5.82 Å². The Labute approximate surface area is 401 Å². The van der Waals surface area contributed by atoms with E-state index in [9.17, 15) is 0 Å². The van der Waals surface area contributed by atoms with Crippen LogP contribution in [-0.4, -0.2) is 38.2 Å². The molecule has 0 atom stereocenters. The van der Waals surface area contributed by atoms with Crippen LogP contribution in [0.25, 0.3) is 128 Å². The maximum atomic E-state index is 5.52. The van der Waals surface area contributed by atoms with Gasteiger partial charge in [0.05, 0.1) is 50.0 Å². The molecule has 0 saturated carbocycles. The number of aromatic nitrogens is 8. The third-order valence-corrected chi connectivity index (χ3v) is 14.3. The average molecular weight is 897 g/mol. The normalized spacial score (nSPS) is 12.7. The summed E-state index contributed by atoms with van der Waals surface area (Å²) in [5, 5.41) is 8.15. The molecule has 8 nitrogen and oxygen atoms in total. The van der Waals surface area contributed by atoms with Crippen LogP contribution in [0.5, 0.6) is 0 Å². The van der Waals surface area contributed by atoms with Crippen molar-refractivity contribution in [2.75, 3.05) is 0 Å². The molecular weight excluding hydrogens is 857 g/mol. The van der Waals surface area contributed by atoms with Crippen molar-refractivity contribution >= 4 is 82.4 Å². The highest BCUT2D eigenvalue weighted by Crippen LogP contribution is 2.43. The molecular formula is C62H40N8. The molecule has 0 spiro atoms. The molecule has 0 radical (unpaired) electrons. The molecule has 0 unspecified atom stereocenters. The van der Waals surface area contributed by atoms with Crippen LogP contribution in [0.2, 0.25) is 0 Å². The van der Waals surface area contributed by atoms with Crippen molar-refractivity contribution in [2.45, 2.75) is 12.8 Å². The van der Waals surface area contributed by atoms with Gasteiger partial charge in [0.1, 0.15) is 5.69 Å². The van der Waals surface area contributed by atoms with Crippen molar-refractivity contribution in [3.05, 3.63) is 224 Å². The summed E-state index contributed by atoms with van der Waals surface area (Å²) >= 11 is 0. The number of benzene rings is 8. The Morgan fingerprint density at radius 1 is 0.343 bits per heavy atom. The highest BCUT2D eigenvalue weighted by Gasteiger charge is 2.26. The van der Waals surface area contributed by atoms with E-state index in [1.54, 1.807) is 0 Å². The summed E-state index contributed by atoms with van der Waals surface area (Å²) in [6.07, 6.45) is 6.31. The number of hydrogen-bond acceptors (Lipinski definition) is 4. The fraction of sp³-hybridized carbons (Fsp3) is 0.0323. The summed E-state index contributed by atoms with van der Waals surface area (Å²) in [5.74, 6) is 1.55. The largest absolute Gasteiger partial charge is 0.307 e. The topological polar surface area (TPSA) is 71.3 Å². The average Bonchev–Trinajstić information content (AvgIpc) is 4.17. The Hall–Kier alpha value is -9.40. The summed E-state index contributed by atoms with van der Waals surface area (Å²) in [7, 11) is 0. The second-order valence-corrected chi connectivity index (χ2v) is 18.1. The molecule has 1 aliphatic carbocycles. The first-order valence-electron chi connectivity index (χ1n) is 23.9. The van der Waals surface area contributed by atoms with E-state index in [1.807, 2.05) is 6.07 Å². The van der Waals surface area contributed by atoms with E-state index in [4.69, 9.17) is 19.9 Å². The molecule has 6 heterocycles. The first-order chi connectivity index (χ1) is 34.7. The van der Waals surface area contributed by atoms with E-state index in [2.05, 4.69) is 231 Å². The van der Waals surface area contributed by atoms with Crippen LogP contribution in [-0.2, 0) is 6.42 Å². The minimum atomic E-state index is 0.475. The van der Waals surface area contributed by atoms with Crippen LogP contribution < -0.4 is 0 Å². The smallest absolute Gasteiger partial charge is 0.240 e. The molecule has 0 saturated heterocycles. The van der Waals surface area contributed by atoms with E-state index < -0.39 is 0 Å². The maximum Gasteiger partial charge on any atom is 0.240 e. The van der Waals surface area contributed by atoms with Crippen molar-refractivity contribution in [1.29, 1.82) is 0 Å². The summed E-state index contributed by atoms with van der Waals surface area (Å²) in [6.45, 7) is 0. The molecule has 14 aromatic rings. The molecule has 15 rings (SSSR count). The highest BCUT2D eigenvalue weighted by atomic mass is 15.3. The Bertz CT molecular complexity index is 4420. The molecule has 0 N–H and O–H groups in total. The number of hydrogen-bond donors (Lipinski definition) is 0. The van der Waals surface area contributed by atoms with E-state index in [0.717, 1.165) is 90.2 Å². The summed E-state index contributed by atoms with van der Waals surface area (Å²) < 4.78 is 9.30. The van der Waals surface area contributed by atoms with Gasteiger partial charge in [-0.25, -0.2) is 4.98 Å². The fourth-order valence-electron chi connectivity index (χ4n) is 11.3. The Morgan fingerprint density at radius 3 is 1.40 bits per heavy atom. The van der Waals surface area contributed by atoms with Crippen LogP contribution in [0.15, 0.2) is 212 Å². The number of pyridine rings is 1. The molecule has 0 fully saturated rings. The van der Waals surface area contributed by atoms with Crippen LogP contribution in [0.1, 0.15) is 17.7 Å². The second-order valence-electron chi connectivity index (χ2n) is 18.1. The molecule has 70 heavy (non-hydrogen) atoms. The number of nitrogens with zero attached hydrogens (tertiary/aromatic N) is 8. The highest BCUT2D eigenvalue weighted by molar-refractivity contribution is 6.24. The molecule has 328 valence electrons. The van der Waals surface area contributed by atoms with Gasteiger partial charge in [-0.3, -0.25) is 9.13 Å². The zero-order valence-electron chi connectivity index (χ0n) is 37.8. The second kappa shape index (κ2) is 15.1. The van der Waals surface area contributed by atoms with Crippen LogP contribution in [0, 0.1) is 0 Å². The summed E-state index contributed by atoms with van der Waals surface area (Å²) in [4.78, 5) is 22.0. The zero-order valence-corrected chi connectivity index (χ0v) is 37.8. The molecule has 0 bridgehead atoms. The first kappa shape index (κ1) is 38.7. The zero-order chi connectivity index (χ0) is 45.9. The predicted octanol–water partition coefficient (Wildman–Crippen LogP) is 14.8. The Morgan fingerprint density at radius 2 is 0.800 bits per heavy atom. The van der Waals surface area contributed by atoms with Crippen LogP contribution in [0.4, 0.5) is 0 Å². The Balaban J connectivity index is 1.07. The van der Waals surface area contributed by atoms with Gasteiger partial charge >= 0.3 is 0 Å². The lowest BCUT2D eigenvalue weighted by molar-refractivity contribution is 0.820. The molecule has 0 amide bonds. The van der Waals surface area contributed by atoms with E-state index in [1.165, 1.54) is 32.8 Å². The van der Waals surface area contributed by atoms with Crippen molar-refractivity contribution < 1.29 is 0 Å². The number of para-hydroxylation sites is 6. The van der Waals surface area contributed by atoms with Crippen molar-refractivity contribution in [1.82, 2.24) is 38.2 Å². The lowest BCUT2D eigenvalue weighted by atomic mass is 10.0. The SMILES string of the molecule is C1=Cc2c(n(-c3nc(-c4cc(-n5c6ccccc6c6ccc7c8ccccc8n(-c8ccccc8)c7c65)cc(-c5ccccc5)n4)nc(-n4c5ccccc5c5ccccc54)n3)c3ccccc23)CC1. The van der Waals surface area contributed by atoms with Crippen molar-refractivity contribution in [2.24, 2.45) is 0 Å². The van der Waals surface area contributed by atoms with Gasteiger partial charge < -0.3 is 9.13 Å². The number of rotatable bonds is 6. The van der Waals surface area contributed by atoms with Crippen molar-refractivity contribution in [3.8, 4) is 46.0 Å². The number of fused-ring (bicyclic) bond motifs is 13. The van der Waals surface area contributed by atoms with Crippen molar-refractivity contribution in [3.63, 3.8) is 0 Å². The van der Waals surface area contributed by atoms with Gasteiger partial charge in [-0.15, -0.1) is 0 Å². The lowest BCUT2D eigenvalue weighted by Crippen LogP contribution is -2.13. The minimum absolute atomic E-state index is 0.475. The van der Waals surface area contributed by atoms with E-state index in [0.29, 0.717) is 23.4 Å². The third-order valence-electron chi connectivity index (χ3n) is 14.3.